The van der Waals surface area contributed by atoms with Gasteiger partial charge < -0.3 is 5.73 Å². The molecule has 202 valence electrons. The summed E-state index contributed by atoms with van der Waals surface area (Å²) in [6.07, 6.45) is 10.9. The smallest absolute Gasteiger partial charge is 0.175 e. The predicted molar refractivity (Wildman–Crippen MR) is 165 cm³/mol. The normalized spacial score (nSPS) is 20.0. The number of nitrogen functional groups attached to an aromatic ring is 1. The van der Waals surface area contributed by atoms with Gasteiger partial charge in [-0.25, -0.2) is 8.42 Å². The van der Waals surface area contributed by atoms with Gasteiger partial charge in [0, 0.05) is 17.5 Å². The monoisotopic (exact) mass is 547 g/mol. The van der Waals surface area contributed by atoms with Crippen LogP contribution in [-0.4, -0.2) is 24.0 Å². The number of allylic oxidation sites excluding steroid dienone is 2. The molecule has 1 aliphatic heterocycles. The van der Waals surface area contributed by atoms with Crippen molar-refractivity contribution in [2.45, 2.75) is 31.7 Å². The molecule has 0 spiro atoms. The molecular formula is C34H33N3O2S. The first kappa shape index (κ1) is 26.1. The maximum Gasteiger partial charge on any atom is 0.175 e. The van der Waals surface area contributed by atoms with Crippen molar-refractivity contribution in [3.8, 4) is 0 Å². The van der Waals surface area contributed by atoms with Gasteiger partial charge in [0.25, 0.3) is 0 Å². The Labute approximate surface area is 235 Å². The number of nitrogens with zero attached hydrogens (tertiary/aromatic N) is 2. The Bertz CT molecular complexity index is 1840. The number of rotatable bonds is 3. The number of fused-ring (bicyclic) bond motifs is 5. The lowest BCUT2D eigenvalue weighted by Crippen LogP contribution is -2.27. The summed E-state index contributed by atoms with van der Waals surface area (Å²) in [6.45, 7) is 2.38. The Hall–Kier alpha value is -4.16. The van der Waals surface area contributed by atoms with Gasteiger partial charge in [-0.05, 0) is 57.0 Å². The van der Waals surface area contributed by atoms with Crippen LogP contribution in [-0.2, 0) is 16.3 Å². The van der Waals surface area contributed by atoms with E-state index in [0.29, 0.717) is 17.5 Å². The summed E-state index contributed by atoms with van der Waals surface area (Å²) in [5.74, 6) is 1.09. The fourth-order valence-electron chi connectivity index (χ4n) is 6.28. The van der Waals surface area contributed by atoms with Crippen LogP contribution in [0.3, 0.4) is 0 Å². The zero-order valence-corrected chi connectivity index (χ0v) is 23.3. The molecule has 2 N–H and O–H groups in total. The van der Waals surface area contributed by atoms with Crippen LogP contribution in [0.2, 0.25) is 0 Å². The quantitative estimate of drug-likeness (QED) is 0.242. The van der Waals surface area contributed by atoms with Crippen molar-refractivity contribution in [1.29, 1.82) is 0 Å². The highest BCUT2D eigenvalue weighted by Gasteiger charge is 2.35. The van der Waals surface area contributed by atoms with Crippen molar-refractivity contribution in [2.24, 2.45) is 5.92 Å². The molecule has 1 aromatic heterocycles. The largest absolute Gasteiger partial charge is 0.396 e. The summed E-state index contributed by atoms with van der Waals surface area (Å²) in [4.78, 5) is 0. The number of benzene rings is 4. The second-order valence-electron chi connectivity index (χ2n) is 10.9. The van der Waals surface area contributed by atoms with E-state index in [-0.39, 0.29) is 11.8 Å². The third kappa shape index (κ3) is 5.19. The van der Waals surface area contributed by atoms with Crippen LogP contribution in [0, 0.1) is 5.92 Å². The molecular weight excluding hydrogens is 514 g/mol. The van der Waals surface area contributed by atoms with E-state index in [1.54, 1.807) is 18.3 Å². The van der Waals surface area contributed by atoms with Gasteiger partial charge in [-0.15, -0.1) is 0 Å². The van der Waals surface area contributed by atoms with Gasteiger partial charge >= 0.3 is 0 Å². The molecule has 5 aromatic rings. The highest BCUT2D eigenvalue weighted by molar-refractivity contribution is 7.94. The maximum atomic E-state index is 10.5. The maximum absolute atomic E-state index is 10.5. The lowest BCUT2D eigenvalue weighted by atomic mass is 9.71. The molecule has 0 radical (unpaired) electrons. The van der Waals surface area contributed by atoms with Crippen LogP contribution in [0.1, 0.15) is 42.0 Å². The Morgan fingerprint density at radius 2 is 1.68 bits per heavy atom. The molecule has 6 heteroatoms. The lowest BCUT2D eigenvalue weighted by molar-refractivity contribution is 0.345. The molecule has 0 bridgehead atoms. The predicted octanol–water partition coefficient (Wildman–Crippen LogP) is 7.21. The summed E-state index contributed by atoms with van der Waals surface area (Å²) in [7, 11) is -2.85. The highest BCUT2D eigenvalue weighted by Crippen LogP contribution is 2.47. The van der Waals surface area contributed by atoms with Crippen LogP contribution in [0.25, 0.3) is 21.5 Å². The van der Waals surface area contributed by atoms with Gasteiger partial charge in [-0.2, -0.15) is 5.10 Å². The number of hydrogen-bond donors (Lipinski definition) is 1. The minimum atomic E-state index is -2.85. The highest BCUT2D eigenvalue weighted by atomic mass is 32.2. The number of sulfone groups is 1. The Morgan fingerprint density at radius 1 is 0.900 bits per heavy atom. The lowest BCUT2D eigenvalue weighted by Gasteiger charge is -2.37. The van der Waals surface area contributed by atoms with Crippen molar-refractivity contribution in [3.63, 3.8) is 0 Å². The number of hydrogen-bond acceptors (Lipinski definition) is 4. The van der Waals surface area contributed by atoms with Crippen molar-refractivity contribution >= 4 is 37.1 Å². The van der Waals surface area contributed by atoms with Crippen LogP contribution < -0.4 is 5.73 Å². The van der Waals surface area contributed by atoms with E-state index in [2.05, 4.69) is 95.6 Å². The molecule has 2 aliphatic rings. The van der Waals surface area contributed by atoms with Gasteiger partial charge in [-0.1, -0.05) is 104 Å². The summed E-state index contributed by atoms with van der Waals surface area (Å²) in [6, 6.07) is 28.9. The Morgan fingerprint density at radius 3 is 2.38 bits per heavy atom. The number of nitrogens with two attached hydrogens (primary N) is 1. The summed E-state index contributed by atoms with van der Waals surface area (Å²) < 4.78 is 23.1. The van der Waals surface area contributed by atoms with E-state index in [0.717, 1.165) is 12.8 Å². The third-order valence-electron chi connectivity index (χ3n) is 7.94. The molecule has 0 fully saturated rings. The molecule has 0 saturated heterocycles. The second-order valence-corrected chi connectivity index (χ2v) is 12.8. The molecule has 5 nitrogen and oxygen atoms in total. The van der Waals surface area contributed by atoms with Crippen LogP contribution >= 0.6 is 0 Å². The zero-order chi connectivity index (χ0) is 27.7. The van der Waals surface area contributed by atoms with Crippen molar-refractivity contribution < 1.29 is 8.42 Å². The minimum Gasteiger partial charge on any atom is -0.396 e. The molecule has 7 rings (SSSR count). The van der Waals surface area contributed by atoms with E-state index in [1.165, 1.54) is 49.7 Å². The molecule has 3 unspecified atom stereocenters. The van der Waals surface area contributed by atoms with Gasteiger partial charge in [0.15, 0.2) is 9.84 Å². The first-order valence-electron chi connectivity index (χ1n) is 13.7. The van der Waals surface area contributed by atoms with E-state index < -0.39 is 9.84 Å². The van der Waals surface area contributed by atoms with Crippen LogP contribution in [0.5, 0.6) is 0 Å². The Kier molecular flexibility index (Phi) is 7.03. The summed E-state index contributed by atoms with van der Waals surface area (Å²) in [5, 5.41) is 11.2. The van der Waals surface area contributed by atoms with E-state index >= 15 is 0 Å². The summed E-state index contributed by atoms with van der Waals surface area (Å²) in [5.41, 5.74) is 11.0. The van der Waals surface area contributed by atoms with Crippen molar-refractivity contribution in [1.82, 2.24) is 9.78 Å². The first-order valence-corrected chi connectivity index (χ1v) is 15.4. The molecule has 2 heterocycles. The van der Waals surface area contributed by atoms with Gasteiger partial charge in [0.05, 0.1) is 23.7 Å². The molecule has 4 aromatic carbocycles. The van der Waals surface area contributed by atoms with Gasteiger partial charge in [0.1, 0.15) is 0 Å². The molecule has 0 saturated carbocycles. The standard InChI is InChI=1S/C29H27N3.C5H6O2S/c1-19-15-22-12-13-25-24-10-6-5-7-20(24)11-14-26(25)28(22)27(16-19)29(21-8-3-2-4-9-21)32-18-23(30)17-31-32;6-8(7)4-2-1-3-5-8/h2-14,17-19,27,29H,15-16,30H2,1H3;1-4H,5H2. The van der Waals surface area contributed by atoms with E-state index in [9.17, 15) is 8.42 Å². The Balaban J connectivity index is 0.000000313. The molecule has 1 aliphatic carbocycles. The van der Waals surface area contributed by atoms with Gasteiger partial charge in [-0.3, -0.25) is 4.68 Å². The summed E-state index contributed by atoms with van der Waals surface area (Å²) >= 11 is 0. The molecule has 0 amide bonds. The minimum absolute atomic E-state index is 0.104. The number of anilines is 1. The van der Waals surface area contributed by atoms with E-state index in [4.69, 9.17) is 5.73 Å². The molecule has 3 atom stereocenters. The van der Waals surface area contributed by atoms with Gasteiger partial charge in [0.2, 0.25) is 0 Å². The second kappa shape index (κ2) is 10.8. The average Bonchev–Trinajstić information content (AvgIpc) is 3.38. The zero-order valence-electron chi connectivity index (χ0n) is 22.5. The topological polar surface area (TPSA) is 78.0 Å². The average molecular weight is 548 g/mol. The molecule has 40 heavy (non-hydrogen) atoms. The van der Waals surface area contributed by atoms with Crippen molar-refractivity contribution in [2.75, 3.05) is 11.5 Å². The third-order valence-corrected chi connectivity index (χ3v) is 9.17. The number of aromatic nitrogens is 2. The van der Waals surface area contributed by atoms with Crippen molar-refractivity contribution in [3.05, 3.63) is 132 Å². The first-order chi connectivity index (χ1) is 19.4. The van der Waals surface area contributed by atoms with E-state index in [1.807, 2.05) is 6.20 Å². The van der Waals surface area contributed by atoms with Crippen LogP contribution in [0.15, 0.2) is 115 Å². The van der Waals surface area contributed by atoms with Crippen LogP contribution in [0.4, 0.5) is 5.69 Å². The fraction of sp³-hybridized carbons (Fsp3) is 0.206. The SMILES string of the molecule is CC1Cc2ccc3c(ccc4ccccc43)c2C(C(c2ccccc2)n2cc(N)cn2)C1.O=S1(=O)C=CC=CC1. The fourth-order valence-corrected chi connectivity index (χ4v) is 7.10.